The molecule has 1 unspecified atom stereocenters. The number of benzene rings is 2. The minimum absolute atomic E-state index is 0.0428. The summed E-state index contributed by atoms with van der Waals surface area (Å²) in [5, 5.41) is 5.49. The number of piperidine rings is 1. The van der Waals surface area contributed by atoms with Gasteiger partial charge in [0, 0.05) is 31.6 Å². The van der Waals surface area contributed by atoms with Gasteiger partial charge < -0.3 is 15.5 Å². The molecule has 34 heavy (non-hydrogen) atoms. The molecule has 2 N–H and O–H groups in total. The zero-order valence-electron chi connectivity index (χ0n) is 20.3. The van der Waals surface area contributed by atoms with Crippen LogP contribution in [0.4, 0.5) is 5.69 Å². The normalized spacial score (nSPS) is 16.7. The van der Waals surface area contributed by atoms with Gasteiger partial charge in [0.05, 0.1) is 15.5 Å². The number of nitrogens with zero attached hydrogens (tertiary/aromatic N) is 1. The molecule has 2 amide bonds. The summed E-state index contributed by atoms with van der Waals surface area (Å²) in [6.07, 6.45) is 5.76. The first-order valence-corrected chi connectivity index (χ1v) is 13.5. The second-order valence-electron chi connectivity index (χ2n) is 8.91. The van der Waals surface area contributed by atoms with Crippen molar-refractivity contribution in [2.75, 3.05) is 25.0 Å². The lowest BCUT2D eigenvalue weighted by molar-refractivity contribution is -0.114. The quantitative estimate of drug-likeness (QED) is 0.520. The van der Waals surface area contributed by atoms with E-state index in [1.165, 1.54) is 56.5 Å². The molecule has 0 aliphatic carbocycles. The number of carbonyl (C=O) groups excluding carboxylic acids is 2. The first-order valence-electron chi connectivity index (χ1n) is 12.0. The van der Waals surface area contributed by atoms with E-state index in [2.05, 4.69) is 22.5 Å². The van der Waals surface area contributed by atoms with Crippen molar-refractivity contribution in [2.45, 2.75) is 68.7 Å². The topological polar surface area (TPSA) is 95.6 Å². The molecule has 1 heterocycles. The lowest BCUT2D eigenvalue weighted by Gasteiger charge is -2.35. The summed E-state index contributed by atoms with van der Waals surface area (Å²) in [5.74, 6) is -0.707. The van der Waals surface area contributed by atoms with Crippen LogP contribution in [0, 0.1) is 6.92 Å². The smallest absolute Gasteiger partial charge is 0.251 e. The van der Waals surface area contributed by atoms with E-state index in [1.54, 1.807) is 12.1 Å². The van der Waals surface area contributed by atoms with Crippen molar-refractivity contribution in [3.8, 4) is 0 Å². The van der Waals surface area contributed by atoms with Gasteiger partial charge in [-0.05, 0) is 69.5 Å². The molecular weight excluding hydrogens is 450 g/mol. The fourth-order valence-corrected chi connectivity index (χ4v) is 5.84. The molecule has 0 bridgehead atoms. The lowest BCUT2D eigenvalue weighted by atomic mass is 10.00. The number of aryl methyl sites for hydroxylation is 1. The molecule has 0 radical (unpaired) electrons. The van der Waals surface area contributed by atoms with Gasteiger partial charge >= 0.3 is 0 Å². The van der Waals surface area contributed by atoms with Gasteiger partial charge in [-0.25, -0.2) is 8.42 Å². The number of hydrogen-bond donors (Lipinski definition) is 2. The average Bonchev–Trinajstić information content (AvgIpc) is 2.81. The first kappa shape index (κ1) is 25.9. The summed E-state index contributed by atoms with van der Waals surface area (Å²) in [5.41, 5.74) is 1.34. The van der Waals surface area contributed by atoms with Crippen LogP contribution in [-0.4, -0.2) is 50.8 Å². The lowest BCUT2D eigenvalue weighted by Crippen LogP contribution is -2.40. The molecule has 7 nitrogen and oxygen atoms in total. The summed E-state index contributed by atoms with van der Waals surface area (Å²) in [6, 6.07) is 11.4. The Morgan fingerprint density at radius 1 is 1.09 bits per heavy atom. The van der Waals surface area contributed by atoms with Gasteiger partial charge in [0.15, 0.2) is 0 Å². The second-order valence-corrected chi connectivity index (χ2v) is 10.8. The molecule has 3 rings (SSSR count). The third-order valence-electron chi connectivity index (χ3n) is 6.30. The van der Waals surface area contributed by atoms with Crippen molar-refractivity contribution in [3.05, 3.63) is 53.6 Å². The molecule has 1 saturated heterocycles. The Hall–Kier alpha value is -2.71. The van der Waals surface area contributed by atoms with E-state index in [4.69, 9.17) is 0 Å². The molecule has 0 aromatic heterocycles. The monoisotopic (exact) mass is 485 g/mol. The van der Waals surface area contributed by atoms with E-state index >= 15 is 0 Å². The maximum atomic E-state index is 13.2. The standard InChI is InChI=1S/C26H35N3O4S/c1-4-22-8-5-6-16-29(22)17-7-15-27-26(31)21-11-14-25(24(18-21)28-20(3)30)34(32,33)23-12-9-19(2)10-13-23/h9-14,18,22H,4-8,15-17H2,1-3H3,(H,27,31)(H,28,30). The van der Waals surface area contributed by atoms with Crippen molar-refractivity contribution in [1.82, 2.24) is 10.2 Å². The van der Waals surface area contributed by atoms with E-state index in [9.17, 15) is 18.0 Å². The first-order chi connectivity index (χ1) is 16.2. The third kappa shape index (κ3) is 6.45. The van der Waals surface area contributed by atoms with Crippen LogP contribution in [0.1, 0.15) is 61.9 Å². The maximum absolute atomic E-state index is 13.2. The maximum Gasteiger partial charge on any atom is 0.251 e. The minimum Gasteiger partial charge on any atom is -0.352 e. The molecule has 2 aromatic rings. The Morgan fingerprint density at radius 2 is 1.82 bits per heavy atom. The van der Waals surface area contributed by atoms with E-state index < -0.39 is 15.7 Å². The van der Waals surface area contributed by atoms with Crippen molar-refractivity contribution in [1.29, 1.82) is 0 Å². The van der Waals surface area contributed by atoms with Gasteiger partial charge in [-0.15, -0.1) is 0 Å². The summed E-state index contributed by atoms with van der Waals surface area (Å²) in [6.45, 7) is 8.00. The largest absolute Gasteiger partial charge is 0.352 e. The fourth-order valence-electron chi connectivity index (χ4n) is 4.44. The minimum atomic E-state index is -3.87. The van der Waals surface area contributed by atoms with Crippen molar-refractivity contribution in [2.24, 2.45) is 0 Å². The summed E-state index contributed by atoms with van der Waals surface area (Å²) < 4.78 is 26.4. The van der Waals surface area contributed by atoms with Crippen LogP contribution in [-0.2, 0) is 14.6 Å². The van der Waals surface area contributed by atoms with Crippen molar-refractivity contribution >= 4 is 27.3 Å². The van der Waals surface area contributed by atoms with Crippen LogP contribution in [0.2, 0.25) is 0 Å². The highest BCUT2D eigenvalue weighted by molar-refractivity contribution is 7.91. The van der Waals surface area contributed by atoms with Crippen LogP contribution >= 0.6 is 0 Å². The predicted octanol–water partition coefficient (Wildman–Crippen LogP) is 4.17. The highest BCUT2D eigenvalue weighted by Gasteiger charge is 2.24. The number of nitrogens with one attached hydrogen (secondary N) is 2. The van der Waals surface area contributed by atoms with Crippen molar-refractivity contribution < 1.29 is 18.0 Å². The van der Waals surface area contributed by atoms with E-state index in [-0.39, 0.29) is 21.4 Å². The van der Waals surface area contributed by atoms with E-state index in [0.717, 1.165) is 31.5 Å². The van der Waals surface area contributed by atoms with Crippen LogP contribution in [0.3, 0.4) is 0 Å². The average molecular weight is 486 g/mol. The molecule has 1 aliphatic heterocycles. The van der Waals surface area contributed by atoms with Crippen LogP contribution in [0.5, 0.6) is 0 Å². The Bertz CT molecular complexity index is 1110. The molecule has 0 saturated carbocycles. The van der Waals surface area contributed by atoms with Gasteiger partial charge in [-0.3, -0.25) is 9.59 Å². The number of amides is 2. The molecule has 2 aromatic carbocycles. The predicted molar refractivity (Wildman–Crippen MR) is 134 cm³/mol. The third-order valence-corrected chi connectivity index (χ3v) is 8.13. The summed E-state index contributed by atoms with van der Waals surface area (Å²) in [4.78, 5) is 27.1. The number of rotatable bonds is 9. The molecule has 0 spiro atoms. The Labute approximate surface area is 202 Å². The Morgan fingerprint density at radius 3 is 2.50 bits per heavy atom. The summed E-state index contributed by atoms with van der Waals surface area (Å²) in [7, 11) is -3.87. The Balaban J connectivity index is 1.70. The summed E-state index contributed by atoms with van der Waals surface area (Å²) >= 11 is 0. The second kappa shape index (κ2) is 11.6. The molecule has 1 atom stereocenters. The van der Waals surface area contributed by atoms with Gasteiger partial charge in [-0.2, -0.15) is 0 Å². The molecule has 184 valence electrons. The molecule has 1 fully saturated rings. The van der Waals surface area contributed by atoms with Crippen LogP contribution in [0.25, 0.3) is 0 Å². The van der Waals surface area contributed by atoms with Gasteiger partial charge in [-0.1, -0.05) is 31.0 Å². The fraction of sp³-hybridized carbons (Fsp3) is 0.462. The number of sulfone groups is 1. The van der Waals surface area contributed by atoms with E-state index in [1.807, 2.05) is 6.92 Å². The number of carbonyl (C=O) groups is 2. The molecule has 1 aliphatic rings. The van der Waals surface area contributed by atoms with Crippen LogP contribution < -0.4 is 10.6 Å². The van der Waals surface area contributed by atoms with Crippen molar-refractivity contribution in [3.63, 3.8) is 0 Å². The molecule has 8 heteroatoms. The van der Waals surface area contributed by atoms with Gasteiger partial charge in [0.2, 0.25) is 15.7 Å². The van der Waals surface area contributed by atoms with E-state index in [0.29, 0.717) is 18.2 Å². The van der Waals surface area contributed by atoms with Gasteiger partial charge in [0.1, 0.15) is 0 Å². The number of likely N-dealkylation sites (tertiary alicyclic amines) is 1. The zero-order chi connectivity index (χ0) is 24.7. The number of hydrogen-bond acceptors (Lipinski definition) is 5. The SMILES string of the molecule is CCC1CCCCN1CCCNC(=O)c1ccc(S(=O)(=O)c2ccc(C)cc2)c(NC(C)=O)c1. The highest BCUT2D eigenvalue weighted by atomic mass is 32.2. The Kier molecular flexibility index (Phi) is 8.85. The molecular formula is C26H35N3O4S. The van der Waals surface area contributed by atoms with Gasteiger partial charge in [0.25, 0.3) is 5.91 Å². The number of anilines is 1. The zero-order valence-corrected chi connectivity index (χ0v) is 21.1. The van der Waals surface area contributed by atoms with Crippen LogP contribution in [0.15, 0.2) is 52.3 Å². The highest BCUT2D eigenvalue weighted by Crippen LogP contribution is 2.29.